The summed E-state index contributed by atoms with van der Waals surface area (Å²) in [5.74, 6) is 0.0229. The SMILES string of the molecule is CCC(C)C(=O)Nc1cccc2c3cccc(CNC(C)c4ccccc4)c3nc-2c1.Cl. The van der Waals surface area contributed by atoms with Crippen LogP contribution in [0.5, 0.6) is 0 Å². The molecule has 1 amide bonds. The van der Waals surface area contributed by atoms with Gasteiger partial charge < -0.3 is 10.6 Å². The standard InChI is InChI=1S/C27H29N3O.ClH/c1-4-18(2)27(31)29-22-13-9-14-23-24-15-8-12-21(26(24)30-25(23)16-22)17-28-19(3)20-10-6-5-7-11-20;/h5-16,18-19,28H,4,17H2,1-3H3,(H,29,31);1H. The maximum absolute atomic E-state index is 12.3. The molecule has 0 saturated carbocycles. The number of fused-ring (bicyclic) bond motifs is 3. The van der Waals surface area contributed by atoms with Crippen molar-refractivity contribution in [3.05, 3.63) is 83.9 Å². The molecule has 2 N–H and O–H groups in total. The first-order valence-corrected chi connectivity index (χ1v) is 11.0. The minimum absolute atomic E-state index is 0. The number of nitrogens with zero attached hydrogens (tertiary/aromatic N) is 1. The Morgan fingerprint density at radius 3 is 2.47 bits per heavy atom. The van der Waals surface area contributed by atoms with Crippen molar-refractivity contribution in [2.24, 2.45) is 5.92 Å². The highest BCUT2D eigenvalue weighted by molar-refractivity contribution is 6.00. The molecule has 0 fully saturated rings. The number of benzene rings is 2. The summed E-state index contributed by atoms with van der Waals surface area (Å²) in [5.41, 5.74) is 6.21. The second kappa shape index (κ2) is 10.6. The number of nitrogens with one attached hydrogen (secondary N) is 2. The molecule has 2 unspecified atom stereocenters. The smallest absolute Gasteiger partial charge is 0.227 e. The second-order valence-electron chi connectivity index (χ2n) is 8.16. The Morgan fingerprint density at radius 1 is 0.969 bits per heavy atom. The number of carbonyl (C=O) groups excluding carboxylic acids is 1. The number of amides is 1. The van der Waals surface area contributed by atoms with Crippen LogP contribution in [0.3, 0.4) is 0 Å². The monoisotopic (exact) mass is 447 g/mol. The van der Waals surface area contributed by atoms with Gasteiger partial charge in [0.1, 0.15) is 0 Å². The third kappa shape index (κ3) is 5.09. The largest absolute Gasteiger partial charge is 0.326 e. The predicted molar refractivity (Wildman–Crippen MR) is 135 cm³/mol. The van der Waals surface area contributed by atoms with E-state index in [1.165, 1.54) is 11.1 Å². The minimum atomic E-state index is -0.0167. The average molecular weight is 448 g/mol. The first-order valence-electron chi connectivity index (χ1n) is 11.0. The number of para-hydroxylation sites is 1. The van der Waals surface area contributed by atoms with Gasteiger partial charge in [-0.05, 0) is 36.6 Å². The van der Waals surface area contributed by atoms with Gasteiger partial charge >= 0.3 is 0 Å². The van der Waals surface area contributed by atoms with Crippen molar-refractivity contribution < 1.29 is 4.79 Å². The molecule has 0 radical (unpaired) electrons. The van der Waals surface area contributed by atoms with Gasteiger partial charge in [0, 0.05) is 35.1 Å². The topological polar surface area (TPSA) is 54.0 Å². The van der Waals surface area contributed by atoms with Gasteiger partial charge in [0.05, 0.1) is 11.2 Å². The summed E-state index contributed by atoms with van der Waals surface area (Å²) in [7, 11) is 0. The van der Waals surface area contributed by atoms with Crippen molar-refractivity contribution >= 4 is 34.9 Å². The molecular formula is C27H30ClN3O. The molecule has 1 aliphatic heterocycles. The second-order valence-corrected chi connectivity index (χ2v) is 8.16. The lowest BCUT2D eigenvalue weighted by molar-refractivity contribution is -0.119. The van der Waals surface area contributed by atoms with Gasteiger partial charge in [-0.25, -0.2) is 4.98 Å². The van der Waals surface area contributed by atoms with E-state index in [1.54, 1.807) is 0 Å². The van der Waals surface area contributed by atoms with Gasteiger partial charge in [-0.3, -0.25) is 4.79 Å². The van der Waals surface area contributed by atoms with E-state index < -0.39 is 0 Å². The van der Waals surface area contributed by atoms with Crippen molar-refractivity contribution in [1.82, 2.24) is 10.3 Å². The maximum Gasteiger partial charge on any atom is 0.227 e. The molecule has 2 atom stereocenters. The predicted octanol–water partition coefficient (Wildman–Crippen LogP) is 6.60. The van der Waals surface area contributed by atoms with Crippen molar-refractivity contribution in [2.75, 3.05) is 5.32 Å². The Hall–Kier alpha value is -2.95. The van der Waals surface area contributed by atoms with Gasteiger partial charge in [0.15, 0.2) is 0 Å². The Labute approximate surface area is 196 Å². The van der Waals surface area contributed by atoms with Crippen molar-refractivity contribution in [3.8, 4) is 11.3 Å². The summed E-state index contributed by atoms with van der Waals surface area (Å²) in [4.78, 5) is 17.3. The molecule has 2 aromatic rings. The third-order valence-electron chi connectivity index (χ3n) is 5.97. The van der Waals surface area contributed by atoms with E-state index in [1.807, 2.05) is 38.1 Å². The highest BCUT2D eigenvalue weighted by Crippen LogP contribution is 2.33. The lowest BCUT2D eigenvalue weighted by atomic mass is 10.1. The number of aromatic nitrogens is 1. The highest BCUT2D eigenvalue weighted by Gasteiger charge is 2.16. The third-order valence-corrected chi connectivity index (χ3v) is 5.97. The van der Waals surface area contributed by atoms with E-state index in [0.717, 1.165) is 40.8 Å². The number of carbonyl (C=O) groups is 1. The van der Waals surface area contributed by atoms with E-state index in [4.69, 9.17) is 4.98 Å². The molecule has 0 spiro atoms. The molecule has 32 heavy (non-hydrogen) atoms. The van der Waals surface area contributed by atoms with Gasteiger partial charge in [-0.1, -0.05) is 74.5 Å². The van der Waals surface area contributed by atoms with Crippen LogP contribution in [0, 0.1) is 5.92 Å². The number of rotatable bonds is 7. The van der Waals surface area contributed by atoms with Crippen molar-refractivity contribution in [1.29, 1.82) is 0 Å². The zero-order valence-electron chi connectivity index (χ0n) is 18.8. The minimum Gasteiger partial charge on any atom is -0.326 e. The van der Waals surface area contributed by atoms with E-state index in [-0.39, 0.29) is 30.3 Å². The summed E-state index contributed by atoms with van der Waals surface area (Å²) in [6.45, 7) is 6.88. The van der Waals surface area contributed by atoms with E-state index in [2.05, 4.69) is 66.1 Å². The van der Waals surface area contributed by atoms with Gasteiger partial charge in [-0.15, -0.1) is 12.4 Å². The number of hydrogen-bond acceptors (Lipinski definition) is 3. The van der Waals surface area contributed by atoms with Gasteiger partial charge in [-0.2, -0.15) is 0 Å². The Kier molecular flexibility index (Phi) is 7.84. The molecule has 1 aliphatic carbocycles. The van der Waals surface area contributed by atoms with Crippen molar-refractivity contribution in [3.63, 3.8) is 0 Å². The van der Waals surface area contributed by atoms with Crippen LogP contribution >= 0.6 is 12.4 Å². The van der Waals surface area contributed by atoms with Crippen molar-refractivity contribution in [2.45, 2.75) is 39.8 Å². The average Bonchev–Trinajstić information content (AvgIpc) is 3.02. The summed E-state index contributed by atoms with van der Waals surface area (Å²) in [6.07, 6.45) is 0.816. The molecule has 0 saturated heterocycles. The normalized spacial score (nSPS) is 12.8. The number of hydrogen-bond donors (Lipinski definition) is 2. The molecule has 4 nitrogen and oxygen atoms in total. The summed E-state index contributed by atoms with van der Waals surface area (Å²) in [6, 6.07) is 25.0. The summed E-state index contributed by atoms with van der Waals surface area (Å²) < 4.78 is 0. The molecule has 5 heteroatoms. The number of halogens is 1. The molecule has 0 aromatic heterocycles. The Morgan fingerprint density at radius 2 is 1.72 bits per heavy atom. The summed E-state index contributed by atoms with van der Waals surface area (Å²) >= 11 is 0. The Bertz CT molecular complexity index is 1160. The lowest BCUT2D eigenvalue weighted by Gasteiger charge is -2.14. The maximum atomic E-state index is 12.3. The van der Waals surface area contributed by atoms with Crippen LogP contribution in [0.4, 0.5) is 5.69 Å². The molecular weight excluding hydrogens is 418 g/mol. The highest BCUT2D eigenvalue weighted by atomic mass is 35.5. The van der Waals surface area contributed by atoms with Crippen LogP contribution in [0.1, 0.15) is 44.4 Å². The molecule has 4 rings (SSSR count). The van der Waals surface area contributed by atoms with E-state index in [9.17, 15) is 4.79 Å². The van der Waals surface area contributed by atoms with Crippen LogP contribution < -0.4 is 10.6 Å². The summed E-state index contributed by atoms with van der Waals surface area (Å²) in [5, 5.41) is 7.78. The Balaban J connectivity index is 0.00000289. The molecule has 1 heterocycles. The van der Waals surface area contributed by atoms with E-state index in [0.29, 0.717) is 0 Å². The van der Waals surface area contributed by atoms with Crippen LogP contribution in [0.2, 0.25) is 0 Å². The van der Waals surface area contributed by atoms with Crippen LogP contribution in [-0.4, -0.2) is 10.9 Å². The lowest BCUT2D eigenvalue weighted by Crippen LogP contribution is -2.19. The van der Waals surface area contributed by atoms with E-state index >= 15 is 0 Å². The first-order chi connectivity index (χ1) is 15.1. The fourth-order valence-corrected chi connectivity index (χ4v) is 3.78. The molecule has 166 valence electrons. The zero-order valence-corrected chi connectivity index (χ0v) is 19.6. The first kappa shape index (κ1) is 23.7. The quantitative estimate of drug-likeness (QED) is 0.335. The fraction of sp³-hybridized carbons (Fsp3) is 0.259. The van der Waals surface area contributed by atoms with Crippen LogP contribution in [-0.2, 0) is 11.3 Å². The zero-order chi connectivity index (χ0) is 21.8. The van der Waals surface area contributed by atoms with Crippen LogP contribution in [0.15, 0.2) is 72.8 Å². The van der Waals surface area contributed by atoms with Gasteiger partial charge in [0.2, 0.25) is 5.91 Å². The van der Waals surface area contributed by atoms with Gasteiger partial charge in [0.25, 0.3) is 0 Å². The van der Waals surface area contributed by atoms with Crippen LogP contribution in [0.25, 0.3) is 22.2 Å². The number of anilines is 1. The molecule has 0 bridgehead atoms. The molecule has 2 aliphatic rings. The fourth-order valence-electron chi connectivity index (χ4n) is 3.78. The molecule has 2 aromatic carbocycles.